The van der Waals surface area contributed by atoms with E-state index in [9.17, 15) is 4.79 Å². The van der Waals surface area contributed by atoms with Gasteiger partial charge >= 0.3 is 0 Å². The molecule has 1 amide bonds. The van der Waals surface area contributed by atoms with E-state index in [-0.39, 0.29) is 0 Å². The van der Waals surface area contributed by atoms with Crippen LogP contribution in [0.15, 0.2) is 12.7 Å². The number of carbonyl (C=O) groups excluding carboxylic acids is 1. The number of hydrogen-bond acceptors (Lipinski definition) is 2. The third-order valence-corrected chi connectivity index (χ3v) is 4.28. The summed E-state index contributed by atoms with van der Waals surface area (Å²) in [6, 6.07) is 0. The van der Waals surface area contributed by atoms with Crippen molar-refractivity contribution in [1.29, 1.82) is 0 Å². The molecule has 1 saturated carbocycles. The first-order chi connectivity index (χ1) is 8.22. The minimum atomic E-state index is 0.310. The predicted molar refractivity (Wildman–Crippen MR) is 69.4 cm³/mol. The second-order valence-corrected chi connectivity index (χ2v) is 5.63. The van der Waals surface area contributed by atoms with Crippen LogP contribution in [0.5, 0.6) is 0 Å². The summed E-state index contributed by atoms with van der Waals surface area (Å²) in [5, 5.41) is 0. The number of nitrogens with zero attached hydrogens (tertiary/aromatic N) is 1. The second-order valence-electron chi connectivity index (χ2n) is 5.63. The average molecular weight is 236 g/mol. The van der Waals surface area contributed by atoms with E-state index in [1.165, 1.54) is 25.7 Å². The quantitative estimate of drug-likeness (QED) is 0.756. The van der Waals surface area contributed by atoms with E-state index in [1.807, 2.05) is 11.0 Å². The van der Waals surface area contributed by atoms with Gasteiger partial charge in [0.15, 0.2) is 0 Å². The van der Waals surface area contributed by atoms with Gasteiger partial charge in [0.2, 0.25) is 5.91 Å². The van der Waals surface area contributed by atoms with Crippen LogP contribution in [-0.2, 0) is 4.79 Å². The zero-order chi connectivity index (χ0) is 12.3. The van der Waals surface area contributed by atoms with Gasteiger partial charge in [-0.3, -0.25) is 4.79 Å². The first-order valence-corrected chi connectivity index (χ1v) is 6.83. The lowest BCUT2D eigenvalue weighted by Gasteiger charge is -2.31. The Labute approximate surface area is 104 Å². The van der Waals surface area contributed by atoms with E-state index in [4.69, 9.17) is 5.73 Å². The molecule has 2 aliphatic rings. The zero-order valence-corrected chi connectivity index (χ0v) is 10.6. The van der Waals surface area contributed by atoms with Crippen molar-refractivity contribution in [3.05, 3.63) is 12.7 Å². The van der Waals surface area contributed by atoms with Crippen molar-refractivity contribution in [2.24, 2.45) is 23.5 Å². The lowest BCUT2D eigenvalue weighted by molar-refractivity contribution is -0.128. The molecule has 1 aliphatic heterocycles. The van der Waals surface area contributed by atoms with Gasteiger partial charge in [-0.2, -0.15) is 0 Å². The fourth-order valence-corrected chi connectivity index (χ4v) is 3.23. The third-order valence-electron chi connectivity index (χ3n) is 4.28. The first-order valence-electron chi connectivity index (χ1n) is 6.83. The summed E-state index contributed by atoms with van der Waals surface area (Å²) in [6.45, 7) is 6.42. The molecule has 2 fully saturated rings. The molecule has 2 rings (SSSR count). The van der Waals surface area contributed by atoms with Gasteiger partial charge in [-0.15, -0.1) is 6.58 Å². The van der Waals surface area contributed by atoms with Crippen molar-refractivity contribution in [2.45, 2.75) is 32.1 Å². The Morgan fingerprint density at radius 3 is 2.82 bits per heavy atom. The van der Waals surface area contributed by atoms with Gasteiger partial charge in [0.1, 0.15) is 0 Å². The Hall–Kier alpha value is -0.830. The molecule has 3 nitrogen and oxygen atoms in total. The summed E-state index contributed by atoms with van der Waals surface area (Å²) in [6.07, 6.45) is 7.60. The van der Waals surface area contributed by atoms with Gasteiger partial charge in [-0.1, -0.05) is 12.5 Å². The molecular formula is C14H24N2O. The van der Waals surface area contributed by atoms with Gasteiger partial charge in [0, 0.05) is 25.4 Å². The topological polar surface area (TPSA) is 46.3 Å². The van der Waals surface area contributed by atoms with E-state index in [0.29, 0.717) is 30.1 Å². The predicted octanol–water partition coefficient (Wildman–Crippen LogP) is 1.79. The normalized spacial score (nSPS) is 34.1. The van der Waals surface area contributed by atoms with Gasteiger partial charge in [0.05, 0.1) is 0 Å². The minimum Gasteiger partial charge on any atom is -0.342 e. The van der Waals surface area contributed by atoms with E-state index in [0.717, 1.165) is 19.6 Å². The minimum absolute atomic E-state index is 0.310. The average Bonchev–Trinajstić information content (AvgIpc) is 2.70. The van der Waals surface area contributed by atoms with Crippen LogP contribution in [0, 0.1) is 17.8 Å². The molecule has 1 heterocycles. The molecule has 17 heavy (non-hydrogen) atoms. The summed E-state index contributed by atoms with van der Waals surface area (Å²) in [5.74, 6) is 2.03. The van der Waals surface area contributed by atoms with Gasteiger partial charge in [-0.25, -0.2) is 0 Å². The molecule has 1 saturated heterocycles. The molecule has 1 aliphatic carbocycles. The Morgan fingerprint density at radius 2 is 2.18 bits per heavy atom. The Morgan fingerprint density at radius 1 is 1.41 bits per heavy atom. The number of carbonyl (C=O) groups is 1. The molecule has 0 radical (unpaired) electrons. The van der Waals surface area contributed by atoms with Crippen molar-refractivity contribution < 1.29 is 4.79 Å². The molecule has 0 aromatic carbocycles. The highest BCUT2D eigenvalue weighted by Gasteiger charge is 2.30. The largest absolute Gasteiger partial charge is 0.342 e. The van der Waals surface area contributed by atoms with Crippen LogP contribution >= 0.6 is 0 Å². The maximum Gasteiger partial charge on any atom is 0.223 e. The molecule has 2 N–H and O–H groups in total. The summed E-state index contributed by atoms with van der Waals surface area (Å²) in [4.78, 5) is 13.9. The van der Waals surface area contributed by atoms with Crippen molar-refractivity contribution >= 4 is 5.91 Å². The molecule has 3 atom stereocenters. The number of hydrogen-bond donors (Lipinski definition) is 1. The zero-order valence-electron chi connectivity index (χ0n) is 10.6. The monoisotopic (exact) mass is 236 g/mol. The van der Waals surface area contributed by atoms with Crippen LogP contribution in [-0.4, -0.2) is 30.4 Å². The molecule has 0 aromatic heterocycles. The lowest BCUT2D eigenvalue weighted by Crippen LogP contribution is -2.34. The molecule has 3 heteroatoms. The van der Waals surface area contributed by atoms with Crippen LogP contribution in [0.25, 0.3) is 0 Å². The number of nitrogens with two attached hydrogens (primary N) is 1. The highest BCUT2D eigenvalue weighted by molar-refractivity contribution is 5.78. The van der Waals surface area contributed by atoms with Gasteiger partial charge in [0.25, 0.3) is 0 Å². The molecule has 0 bridgehead atoms. The SMILES string of the molecule is C=CC1CC(=O)N(C[C@H]2CCC[C@@H](CN)C2)C1. The first kappa shape index (κ1) is 12.6. The Kier molecular flexibility index (Phi) is 4.21. The van der Waals surface area contributed by atoms with Crippen molar-refractivity contribution in [3.63, 3.8) is 0 Å². The van der Waals surface area contributed by atoms with E-state index < -0.39 is 0 Å². The summed E-state index contributed by atoms with van der Waals surface area (Å²) in [5.41, 5.74) is 5.75. The van der Waals surface area contributed by atoms with Gasteiger partial charge < -0.3 is 10.6 Å². The third kappa shape index (κ3) is 3.09. The summed E-state index contributed by atoms with van der Waals surface area (Å²) >= 11 is 0. The molecular weight excluding hydrogens is 212 g/mol. The number of amides is 1. The van der Waals surface area contributed by atoms with Crippen LogP contribution in [0.3, 0.4) is 0 Å². The molecule has 1 unspecified atom stereocenters. The fraction of sp³-hybridized carbons (Fsp3) is 0.786. The van der Waals surface area contributed by atoms with Crippen molar-refractivity contribution in [1.82, 2.24) is 4.90 Å². The van der Waals surface area contributed by atoms with Crippen molar-refractivity contribution in [2.75, 3.05) is 19.6 Å². The van der Waals surface area contributed by atoms with Crippen LogP contribution in [0.4, 0.5) is 0 Å². The lowest BCUT2D eigenvalue weighted by atomic mass is 9.81. The van der Waals surface area contributed by atoms with Crippen LogP contribution < -0.4 is 5.73 Å². The Bertz CT molecular complexity index is 290. The fourth-order valence-electron chi connectivity index (χ4n) is 3.23. The second kappa shape index (κ2) is 5.67. The van der Waals surface area contributed by atoms with E-state index in [2.05, 4.69) is 6.58 Å². The molecule has 96 valence electrons. The summed E-state index contributed by atoms with van der Waals surface area (Å²) < 4.78 is 0. The molecule has 0 aromatic rings. The highest BCUT2D eigenvalue weighted by Crippen LogP contribution is 2.30. The van der Waals surface area contributed by atoms with Crippen LogP contribution in [0.1, 0.15) is 32.1 Å². The van der Waals surface area contributed by atoms with E-state index >= 15 is 0 Å². The van der Waals surface area contributed by atoms with Gasteiger partial charge in [-0.05, 0) is 37.6 Å². The number of likely N-dealkylation sites (tertiary alicyclic amines) is 1. The molecule has 0 spiro atoms. The Balaban J connectivity index is 1.84. The number of rotatable bonds is 4. The smallest absolute Gasteiger partial charge is 0.223 e. The maximum absolute atomic E-state index is 11.8. The highest BCUT2D eigenvalue weighted by atomic mass is 16.2. The maximum atomic E-state index is 11.8. The standard InChI is InChI=1S/C14H24N2O/c1-2-11-7-14(17)16(9-11)10-13-5-3-4-12(6-13)8-15/h2,11-13H,1,3-10,15H2/t11?,12-,13+/m1/s1. The van der Waals surface area contributed by atoms with Crippen LogP contribution in [0.2, 0.25) is 0 Å². The van der Waals surface area contributed by atoms with E-state index in [1.54, 1.807) is 0 Å². The summed E-state index contributed by atoms with van der Waals surface area (Å²) in [7, 11) is 0. The van der Waals surface area contributed by atoms with Crippen molar-refractivity contribution in [3.8, 4) is 0 Å².